The van der Waals surface area contributed by atoms with Gasteiger partial charge < -0.3 is 20.3 Å². The molecule has 0 amide bonds. The fraction of sp³-hybridized carbons (Fsp3) is 0.500. The molecular weight excluding hydrogens is 206 g/mol. The van der Waals surface area contributed by atoms with Crippen LogP contribution in [0.15, 0.2) is 12.1 Å². The molecule has 2 rings (SSSR count). The Labute approximate surface area is 95.0 Å². The van der Waals surface area contributed by atoms with E-state index in [0.717, 1.165) is 11.1 Å². The Bertz CT molecular complexity index is 355. The highest BCUT2D eigenvalue weighted by Crippen LogP contribution is 2.33. The van der Waals surface area contributed by atoms with Crippen LogP contribution in [0, 0.1) is 0 Å². The van der Waals surface area contributed by atoms with E-state index in [0.29, 0.717) is 24.3 Å². The summed E-state index contributed by atoms with van der Waals surface area (Å²) < 4.78 is 10.5. The van der Waals surface area contributed by atoms with Crippen molar-refractivity contribution in [3.63, 3.8) is 0 Å². The summed E-state index contributed by atoms with van der Waals surface area (Å²) in [6, 6.07) is 3.68. The van der Waals surface area contributed by atoms with E-state index < -0.39 is 6.10 Å². The minimum atomic E-state index is -0.467. The van der Waals surface area contributed by atoms with Crippen LogP contribution in [-0.4, -0.2) is 31.5 Å². The summed E-state index contributed by atoms with van der Waals surface area (Å²) >= 11 is 0. The number of methoxy groups -OCH3 is 2. The number of hydrogen-bond acceptors (Lipinski definition) is 4. The molecule has 3 N–H and O–H groups in total. The molecule has 16 heavy (non-hydrogen) atoms. The standard InChI is InChI=1S/C12H17NO3/c1-15-11-5-7-3-9(13)10(14)4-8(7)6-12(11)16-2/h5-6,9-10,14H,3-4,13H2,1-2H3/t9-,10-/m1/s1. The van der Waals surface area contributed by atoms with Crippen molar-refractivity contribution in [3.8, 4) is 11.5 Å². The molecule has 0 heterocycles. The Hall–Kier alpha value is -1.26. The van der Waals surface area contributed by atoms with Crippen molar-refractivity contribution in [2.24, 2.45) is 5.73 Å². The Kier molecular flexibility index (Phi) is 3.03. The van der Waals surface area contributed by atoms with Gasteiger partial charge in [0.25, 0.3) is 0 Å². The van der Waals surface area contributed by atoms with Crippen LogP contribution >= 0.6 is 0 Å². The lowest BCUT2D eigenvalue weighted by Crippen LogP contribution is -2.41. The third-order valence-electron chi connectivity index (χ3n) is 3.08. The zero-order valence-corrected chi connectivity index (χ0v) is 9.56. The van der Waals surface area contributed by atoms with E-state index in [1.807, 2.05) is 12.1 Å². The minimum absolute atomic E-state index is 0.189. The Morgan fingerprint density at radius 2 is 1.62 bits per heavy atom. The average Bonchev–Trinajstić information content (AvgIpc) is 2.29. The van der Waals surface area contributed by atoms with Gasteiger partial charge >= 0.3 is 0 Å². The fourth-order valence-electron chi connectivity index (χ4n) is 2.11. The van der Waals surface area contributed by atoms with Crippen LogP contribution in [0.5, 0.6) is 11.5 Å². The Morgan fingerprint density at radius 1 is 1.12 bits per heavy atom. The van der Waals surface area contributed by atoms with Crippen LogP contribution in [0.2, 0.25) is 0 Å². The lowest BCUT2D eigenvalue weighted by molar-refractivity contribution is 0.137. The van der Waals surface area contributed by atoms with E-state index in [-0.39, 0.29) is 6.04 Å². The number of aliphatic hydroxyl groups is 1. The molecular formula is C12H17NO3. The molecule has 0 spiro atoms. The SMILES string of the molecule is COc1cc2c(cc1OC)C[C@@H](O)[C@H](N)C2. The summed E-state index contributed by atoms with van der Waals surface area (Å²) in [7, 11) is 3.22. The number of ether oxygens (including phenoxy) is 2. The smallest absolute Gasteiger partial charge is 0.161 e. The maximum atomic E-state index is 9.72. The summed E-state index contributed by atoms with van der Waals surface area (Å²) in [5, 5.41) is 9.72. The maximum Gasteiger partial charge on any atom is 0.161 e. The van der Waals surface area contributed by atoms with E-state index in [1.165, 1.54) is 0 Å². The fourth-order valence-corrected chi connectivity index (χ4v) is 2.11. The molecule has 1 aromatic rings. The van der Waals surface area contributed by atoms with Gasteiger partial charge in [0, 0.05) is 12.5 Å². The van der Waals surface area contributed by atoms with Gasteiger partial charge in [-0.15, -0.1) is 0 Å². The van der Waals surface area contributed by atoms with E-state index in [1.54, 1.807) is 14.2 Å². The molecule has 0 aromatic heterocycles. The van der Waals surface area contributed by atoms with Gasteiger partial charge in [-0.1, -0.05) is 0 Å². The number of aliphatic hydroxyl groups excluding tert-OH is 1. The quantitative estimate of drug-likeness (QED) is 0.766. The number of nitrogens with two attached hydrogens (primary N) is 1. The average molecular weight is 223 g/mol. The van der Waals surface area contributed by atoms with Crippen LogP contribution in [0.25, 0.3) is 0 Å². The number of hydrogen-bond donors (Lipinski definition) is 2. The highest BCUT2D eigenvalue weighted by molar-refractivity contribution is 5.48. The first kappa shape index (κ1) is 11.2. The molecule has 4 nitrogen and oxygen atoms in total. The van der Waals surface area contributed by atoms with E-state index in [2.05, 4.69) is 0 Å². The summed E-state index contributed by atoms with van der Waals surface area (Å²) in [6.45, 7) is 0. The minimum Gasteiger partial charge on any atom is -0.493 e. The molecule has 88 valence electrons. The zero-order chi connectivity index (χ0) is 11.7. The van der Waals surface area contributed by atoms with Gasteiger partial charge in [0.15, 0.2) is 11.5 Å². The molecule has 0 unspecified atom stereocenters. The van der Waals surface area contributed by atoms with Crippen molar-refractivity contribution >= 4 is 0 Å². The molecule has 1 aliphatic rings. The summed E-state index contributed by atoms with van der Waals surface area (Å²) in [5.74, 6) is 1.41. The van der Waals surface area contributed by atoms with Crippen LogP contribution < -0.4 is 15.2 Å². The van der Waals surface area contributed by atoms with E-state index in [9.17, 15) is 5.11 Å². The van der Waals surface area contributed by atoms with Crippen molar-refractivity contribution in [2.75, 3.05) is 14.2 Å². The first-order valence-corrected chi connectivity index (χ1v) is 5.33. The number of rotatable bonds is 2. The molecule has 0 fully saturated rings. The van der Waals surface area contributed by atoms with Crippen LogP contribution in [0.3, 0.4) is 0 Å². The van der Waals surface area contributed by atoms with Crippen LogP contribution in [0.4, 0.5) is 0 Å². The van der Waals surface area contributed by atoms with Crippen molar-refractivity contribution in [2.45, 2.75) is 25.0 Å². The Balaban J connectivity index is 2.41. The molecule has 0 bridgehead atoms. The largest absolute Gasteiger partial charge is 0.493 e. The predicted molar refractivity (Wildman–Crippen MR) is 60.9 cm³/mol. The lowest BCUT2D eigenvalue weighted by Gasteiger charge is -2.27. The molecule has 4 heteroatoms. The van der Waals surface area contributed by atoms with Crippen molar-refractivity contribution < 1.29 is 14.6 Å². The van der Waals surface area contributed by atoms with Crippen molar-refractivity contribution in [3.05, 3.63) is 23.3 Å². The molecule has 1 aliphatic carbocycles. The van der Waals surface area contributed by atoms with Gasteiger partial charge in [-0.2, -0.15) is 0 Å². The highest BCUT2D eigenvalue weighted by Gasteiger charge is 2.25. The summed E-state index contributed by atoms with van der Waals surface area (Å²) in [4.78, 5) is 0. The third-order valence-corrected chi connectivity index (χ3v) is 3.08. The molecule has 1 aromatic carbocycles. The van der Waals surface area contributed by atoms with Crippen molar-refractivity contribution in [1.29, 1.82) is 0 Å². The second-order valence-electron chi connectivity index (χ2n) is 4.12. The first-order valence-electron chi connectivity index (χ1n) is 5.33. The molecule has 0 saturated carbocycles. The van der Waals surface area contributed by atoms with E-state index >= 15 is 0 Å². The van der Waals surface area contributed by atoms with Gasteiger partial charge in [-0.3, -0.25) is 0 Å². The first-order chi connectivity index (χ1) is 7.65. The molecule has 2 atom stereocenters. The zero-order valence-electron chi connectivity index (χ0n) is 9.56. The predicted octanol–water partition coefficient (Wildman–Crippen LogP) is 0.491. The van der Waals surface area contributed by atoms with E-state index in [4.69, 9.17) is 15.2 Å². The molecule has 0 aliphatic heterocycles. The van der Waals surface area contributed by atoms with Crippen LogP contribution in [0.1, 0.15) is 11.1 Å². The number of benzene rings is 1. The normalized spacial score (nSPS) is 23.8. The molecule has 0 radical (unpaired) electrons. The summed E-state index contributed by atoms with van der Waals surface area (Å²) in [6.07, 6.45) is 0.791. The van der Waals surface area contributed by atoms with Crippen LogP contribution in [-0.2, 0) is 12.8 Å². The van der Waals surface area contributed by atoms with Gasteiger partial charge in [-0.05, 0) is 29.7 Å². The highest BCUT2D eigenvalue weighted by atomic mass is 16.5. The van der Waals surface area contributed by atoms with Gasteiger partial charge in [-0.25, -0.2) is 0 Å². The maximum absolute atomic E-state index is 9.72. The second-order valence-corrected chi connectivity index (χ2v) is 4.12. The topological polar surface area (TPSA) is 64.7 Å². The third kappa shape index (κ3) is 1.86. The van der Waals surface area contributed by atoms with Gasteiger partial charge in [0.2, 0.25) is 0 Å². The number of fused-ring (bicyclic) bond motifs is 1. The molecule has 0 saturated heterocycles. The monoisotopic (exact) mass is 223 g/mol. The Morgan fingerprint density at radius 3 is 2.12 bits per heavy atom. The van der Waals surface area contributed by atoms with Crippen molar-refractivity contribution in [1.82, 2.24) is 0 Å². The second kappa shape index (κ2) is 4.31. The van der Waals surface area contributed by atoms with Gasteiger partial charge in [0.05, 0.1) is 20.3 Å². The van der Waals surface area contributed by atoms with Gasteiger partial charge in [0.1, 0.15) is 0 Å². The lowest BCUT2D eigenvalue weighted by atomic mass is 9.86. The summed E-state index contributed by atoms with van der Waals surface area (Å²) in [5.41, 5.74) is 8.06.